The normalized spacial score (nSPS) is 12.6. The van der Waals surface area contributed by atoms with E-state index in [4.69, 9.17) is 0 Å². The number of carbonyl (C=O) groups is 1. The molecule has 0 bridgehead atoms. The zero-order chi connectivity index (χ0) is 15.8. The highest BCUT2D eigenvalue weighted by molar-refractivity contribution is 6.09. The van der Waals surface area contributed by atoms with E-state index in [9.17, 15) is 4.79 Å². The second-order valence-electron chi connectivity index (χ2n) is 5.83. The Morgan fingerprint density at radius 1 is 0.739 bits per heavy atom. The fourth-order valence-electron chi connectivity index (χ4n) is 3.43. The van der Waals surface area contributed by atoms with Crippen LogP contribution in [0.1, 0.15) is 18.5 Å². The maximum absolute atomic E-state index is 12.5. The Balaban J connectivity index is 2.11. The molecule has 0 aliphatic rings. The van der Waals surface area contributed by atoms with E-state index in [0.717, 1.165) is 16.6 Å². The monoisotopic (exact) mass is 299 g/mol. The van der Waals surface area contributed by atoms with Crippen molar-refractivity contribution in [1.82, 2.24) is 4.57 Å². The first kappa shape index (κ1) is 13.8. The van der Waals surface area contributed by atoms with Gasteiger partial charge in [-0.15, -0.1) is 0 Å². The minimum Gasteiger partial charge on any atom is -0.326 e. The number of ketones is 1. The Kier molecular flexibility index (Phi) is 3.23. The minimum absolute atomic E-state index is 0.141. The first-order valence-electron chi connectivity index (χ1n) is 7.80. The molecule has 0 saturated carbocycles. The molecule has 0 fully saturated rings. The van der Waals surface area contributed by atoms with Crippen molar-refractivity contribution in [1.29, 1.82) is 0 Å². The molecule has 4 aromatic rings. The summed E-state index contributed by atoms with van der Waals surface area (Å²) in [5, 5.41) is 2.37. The summed E-state index contributed by atoms with van der Waals surface area (Å²) in [5.41, 5.74) is 3.21. The van der Waals surface area contributed by atoms with Gasteiger partial charge in [-0.2, -0.15) is 0 Å². The maximum atomic E-state index is 12.5. The Labute approximate surface area is 135 Å². The highest BCUT2D eigenvalue weighted by atomic mass is 16.1. The van der Waals surface area contributed by atoms with Gasteiger partial charge >= 0.3 is 0 Å². The Morgan fingerprint density at radius 3 is 1.74 bits per heavy atom. The molecule has 1 atom stereocenters. The second-order valence-corrected chi connectivity index (χ2v) is 5.83. The summed E-state index contributed by atoms with van der Waals surface area (Å²) in [4.78, 5) is 12.5. The van der Waals surface area contributed by atoms with Crippen LogP contribution in [0.2, 0.25) is 0 Å². The van der Waals surface area contributed by atoms with Crippen molar-refractivity contribution in [2.75, 3.05) is 0 Å². The molecule has 0 radical (unpaired) electrons. The first-order chi connectivity index (χ1) is 11.3. The number of fused-ring (bicyclic) bond motifs is 3. The largest absolute Gasteiger partial charge is 0.326 e. The molecule has 0 amide bonds. The van der Waals surface area contributed by atoms with E-state index < -0.39 is 0 Å². The van der Waals surface area contributed by atoms with Crippen molar-refractivity contribution < 1.29 is 4.79 Å². The average molecular weight is 299 g/mol. The van der Waals surface area contributed by atoms with E-state index in [1.165, 1.54) is 10.8 Å². The van der Waals surface area contributed by atoms with Crippen molar-refractivity contribution in [3.05, 3.63) is 84.4 Å². The van der Waals surface area contributed by atoms with E-state index in [-0.39, 0.29) is 11.8 Å². The van der Waals surface area contributed by atoms with Gasteiger partial charge in [0.25, 0.3) is 0 Å². The molecule has 4 rings (SSSR count). The van der Waals surface area contributed by atoms with E-state index >= 15 is 0 Å². The molecule has 1 unspecified atom stereocenters. The number of rotatable bonds is 3. The summed E-state index contributed by atoms with van der Waals surface area (Å²) in [6, 6.07) is 26.3. The summed E-state index contributed by atoms with van der Waals surface area (Å²) in [7, 11) is 0. The lowest BCUT2D eigenvalue weighted by molar-refractivity contribution is -0.118. The van der Waals surface area contributed by atoms with Gasteiger partial charge in [-0.25, -0.2) is 0 Å². The molecular formula is C21H17NO. The van der Waals surface area contributed by atoms with E-state index in [1.54, 1.807) is 6.92 Å². The van der Waals surface area contributed by atoms with Crippen LogP contribution in [0.5, 0.6) is 0 Å². The summed E-state index contributed by atoms with van der Waals surface area (Å²) >= 11 is 0. The third-order valence-electron chi connectivity index (χ3n) is 4.38. The van der Waals surface area contributed by atoms with Crippen LogP contribution in [0.3, 0.4) is 0 Å². The molecule has 2 heteroatoms. The van der Waals surface area contributed by atoms with Crippen molar-refractivity contribution in [2.24, 2.45) is 0 Å². The molecule has 1 aromatic heterocycles. The number of benzene rings is 3. The third kappa shape index (κ3) is 2.15. The predicted molar refractivity (Wildman–Crippen MR) is 94.7 cm³/mol. The van der Waals surface area contributed by atoms with Gasteiger partial charge in [0.1, 0.15) is 6.04 Å². The molecule has 0 N–H and O–H groups in total. The lowest BCUT2D eigenvalue weighted by atomic mass is 10.0. The number of para-hydroxylation sites is 2. The Hall–Kier alpha value is -2.87. The van der Waals surface area contributed by atoms with Crippen molar-refractivity contribution >= 4 is 27.6 Å². The smallest absolute Gasteiger partial charge is 0.157 e. The third-order valence-corrected chi connectivity index (χ3v) is 4.38. The van der Waals surface area contributed by atoms with Gasteiger partial charge in [0, 0.05) is 10.8 Å². The van der Waals surface area contributed by atoms with Crippen LogP contribution >= 0.6 is 0 Å². The van der Waals surface area contributed by atoms with Crippen LogP contribution in [0.25, 0.3) is 21.8 Å². The molecule has 1 heterocycles. The topological polar surface area (TPSA) is 22.0 Å². The second kappa shape index (κ2) is 5.40. The molecule has 23 heavy (non-hydrogen) atoms. The lowest BCUT2D eigenvalue weighted by Gasteiger charge is -2.19. The van der Waals surface area contributed by atoms with E-state index in [2.05, 4.69) is 28.8 Å². The van der Waals surface area contributed by atoms with E-state index in [1.807, 2.05) is 54.6 Å². The molecule has 3 aromatic carbocycles. The van der Waals surface area contributed by atoms with Crippen molar-refractivity contribution in [3.63, 3.8) is 0 Å². The zero-order valence-corrected chi connectivity index (χ0v) is 12.9. The molecule has 0 aliphatic heterocycles. The number of aromatic nitrogens is 1. The fraction of sp³-hybridized carbons (Fsp3) is 0.0952. The first-order valence-corrected chi connectivity index (χ1v) is 7.80. The molecule has 112 valence electrons. The van der Waals surface area contributed by atoms with Crippen LogP contribution in [-0.4, -0.2) is 10.4 Å². The maximum Gasteiger partial charge on any atom is 0.157 e. The molecule has 0 saturated heterocycles. The molecule has 0 aliphatic carbocycles. The summed E-state index contributed by atoms with van der Waals surface area (Å²) in [5.74, 6) is 0.141. The van der Waals surface area contributed by atoms with Gasteiger partial charge in [0.05, 0.1) is 11.0 Å². The highest BCUT2D eigenvalue weighted by Crippen LogP contribution is 2.34. The summed E-state index contributed by atoms with van der Waals surface area (Å²) < 4.78 is 2.17. The molecule has 0 spiro atoms. The van der Waals surface area contributed by atoms with Crippen LogP contribution in [0.15, 0.2) is 78.9 Å². The number of hydrogen-bond acceptors (Lipinski definition) is 1. The van der Waals surface area contributed by atoms with Crippen LogP contribution in [0.4, 0.5) is 0 Å². The summed E-state index contributed by atoms with van der Waals surface area (Å²) in [6.07, 6.45) is 0. The number of carbonyl (C=O) groups excluding carboxylic acids is 1. The van der Waals surface area contributed by atoms with Gasteiger partial charge in [0.15, 0.2) is 5.78 Å². The highest BCUT2D eigenvalue weighted by Gasteiger charge is 2.23. The quantitative estimate of drug-likeness (QED) is 0.523. The standard InChI is InChI=1S/C21H17NO/c1-15(23)21(16-9-3-2-4-10-16)22-19-13-7-5-11-17(19)18-12-6-8-14-20(18)22/h2-14,21H,1H3. The van der Waals surface area contributed by atoms with Crippen molar-refractivity contribution in [2.45, 2.75) is 13.0 Å². The SMILES string of the molecule is CC(=O)C(c1ccccc1)n1c2ccccc2c2ccccc21. The van der Waals surface area contributed by atoms with Gasteiger partial charge in [0.2, 0.25) is 0 Å². The van der Waals surface area contributed by atoms with Gasteiger partial charge in [-0.3, -0.25) is 4.79 Å². The fourth-order valence-corrected chi connectivity index (χ4v) is 3.43. The zero-order valence-electron chi connectivity index (χ0n) is 12.9. The Bertz CT molecular complexity index is 945. The van der Waals surface area contributed by atoms with Crippen LogP contribution in [0, 0.1) is 0 Å². The lowest BCUT2D eigenvalue weighted by Crippen LogP contribution is -2.18. The van der Waals surface area contributed by atoms with Crippen molar-refractivity contribution in [3.8, 4) is 0 Å². The average Bonchev–Trinajstić information content (AvgIpc) is 2.91. The Morgan fingerprint density at radius 2 is 1.22 bits per heavy atom. The predicted octanol–water partition coefficient (Wildman–Crippen LogP) is 4.97. The van der Waals surface area contributed by atoms with Gasteiger partial charge in [-0.1, -0.05) is 66.7 Å². The summed E-state index contributed by atoms with van der Waals surface area (Å²) in [6.45, 7) is 1.67. The van der Waals surface area contributed by atoms with Crippen LogP contribution < -0.4 is 0 Å². The number of Topliss-reactive ketones (excluding diaryl/α,β-unsaturated/α-hetero) is 1. The van der Waals surface area contributed by atoms with Gasteiger partial charge in [-0.05, 0) is 24.6 Å². The number of hydrogen-bond donors (Lipinski definition) is 0. The number of nitrogens with zero attached hydrogens (tertiary/aromatic N) is 1. The minimum atomic E-state index is -0.305. The van der Waals surface area contributed by atoms with E-state index in [0.29, 0.717) is 0 Å². The van der Waals surface area contributed by atoms with Gasteiger partial charge < -0.3 is 4.57 Å². The molecular weight excluding hydrogens is 282 g/mol. The molecule has 2 nitrogen and oxygen atoms in total. The van der Waals surface area contributed by atoms with Crippen LogP contribution in [-0.2, 0) is 4.79 Å².